The fourth-order valence-electron chi connectivity index (χ4n) is 1.62. The van der Waals surface area contributed by atoms with Crippen molar-refractivity contribution in [3.8, 4) is 5.75 Å². The first-order valence-corrected chi connectivity index (χ1v) is 6.72. The Labute approximate surface area is 115 Å². The third kappa shape index (κ3) is 5.40. The van der Waals surface area contributed by atoms with Crippen LogP contribution in [0.4, 0.5) is 5.69 Å². The van der Waals surface area contributed by atoms with Crippen LogP contribution in [0.25, 0.3) is 0 Å². The van der Waals surface area contributed by atoms with Gasteiger partial charge in [0.2, 0.25) is 0 Å². The van der Waals surface area contributed by atoms with Crippen molar-refractivity contribution in [2.45, 2.75) is 25.7 Å². The van der Waals surface area contributed by atoms with E-state index in [1.165, 1.54) is 0 Å². The molecule has 0 bridgehead atoms. The van der Waals surface area contributed by atoms with Crippen LogP contribution in [0.15, 0.2) is 22.7 Å². The summed E-state index contributed by atoms with van der Waals surface area (Å²) in [7, 11) is 1.64. The van der Waals surface area contributed by atoms with Gasteiger partial charge in [0.1, 0.15) is 5.75 Å². The van der Waals surface area contributed by atoms with Crippen molar-refractivity contribution >= 4 is 27.6 Å². The third-order valence-electron chi connectivity index (χ3n) is 2.54. The molecule has 0 aliphatic heterocycles. The van der Waals surface area contributed by atoms with E-state index in [2.05, 4.69) is 21.2 Å². The number of methoxy groups -OCH3 is 1. The van der Waals surface area contributed by atoms with E-state index in [9.17, 15) is 4.79 Å². The molecule has 0 heterocycles. The maximum absolute atomic E-state index is 10.3. The second-order valence-electron chi connectivity index (χ2n) is 3.98. The summed E-state index contributed by atoms with van der Waals surface area (Å²) in [6.45, 7) is 0.812. The summed E-state index contributed by atoms with van der Waals surface area (Å²) in [5.74, 6) is 0.0837. The molecular weight excluding hydrogens is 298 g/mol. The van der Waals surface area contributed by atoms with E-state index in [0.717, 1.165) is 41.7 Å². The Balaban J connectivity index is 2.30. The smallest absolute Gasteiger partial charge is 0.303 e. The minimum atomic E-state index is -0.725. The number of hydrogen-bond donors (Lipinski definition) is 2. The normalized spacial score (nSPS) is 10.1. The van der Waals surface area contributed by atoms with Gasteiger partial charge in [-0.3, -0.25) is 4.79 Å². The summed E-state index contributed by atoms with van der Waals surface area (Å²) in [5, 5.41) is 11.8. The lowest BCUT2D eigenvalue weighted by atomic mass is 10.2. The number of aliphatic carboxylic acids is 1. The molecule has 0 fully saturated rings. The van der Waals surface area contributed by atoms with Gasteiger partial charge in [0.25, 0.3) is 0 Å². The molecule has 0 aromatic heterocycles. The van der Waals surface area contributed by atoms with Gasteiger partial charge in [0, 0.05) is 17.4 Å². The SMILES string of the molecule is COc1ccc(Br)cc1NCCCCCC(=O)O. The average molecular weight is 316 g/mol. The molecule has 0 aliphatic carbocycles. The number of halogens is 1. The number of carboxylic acids is 1. The summed E-state index contributed by atoms with van der Waals surface area (Å²) >= 11 is 3.41. The molecule has 0 aliphatic rings. The first-order chi connectivity index (χ1) is 8.63. The van der Waals surface area contributed by atoms with Crippen molar-refractivity contribution in [2.24, 2.45) is 0 Å². The van der Waals surface area contributed by atoms with Crippen LogP contribution in [0.2, 0.25) is 0 Å². The van der Waals surface area contributed by atoms with E-state index in [0.29, 0.717) is 0 Å². The average Bonchev–Trinajstić information content (AvgIpc) is 2.33. The molecule has 0 saturated carbocycles. The second kappa shape index (κ2) is 7.97. The zero-order valence-corrected chi connectivity index (χ0v) is 12.0. The highest BCUT2D eigenvalue weighted by Gasteiger charge is 2.02. The minimum absolute atomic E-state index is 0.250. The maximum Gasteiger partial charge on any atom is 0.303 e. The lowest BCUT2D eigenvalue weighted by molar-refractivity contribution is -0.137. The zero-order valence-electron chi connectivity index (χ0n) is 10.4. The van der Waals surface area contributed by atoms with Gasteiger partial charge in [-0.2, -0.15) is 0 Å². The highest BCUT2D eigenvalue weighted by molar-refractivity contribution is 9.10. The number of carbonyl (C=O) groups is 1. The number of anilines is 1. The molecule has 0 amide bonds. The van der Waals surface area contributed by atoms with Crippen LogP contribution in [0.1, 0.15) is 25.7 Å². The standard InChI is InChI=1S/C13H18BrNO3/c1-18-12-7-6-10(14)9-11(12)15-8-4-2-3-5-13(16)17/h6-7,9,15H,2-5,8H2,1H3,(H,16,17). The number of carboxylic acid groups (broad SMARTS) is 1. The number of hydrogen-bond acceptors (Lipinski definition) is 3. The van der Waals surface area contributed by atoms with Crippen molar-refractivity contribution in [1.82, 2.24) is 0 Å². The molecular formula is C13H18BrNO3. The molecule has 0 spiro atoms. The molecule has 2 N–H and O–H groups in total. The van der Waals surface area contributed by atoms with Gasteiger partial charge in [0.15, 0.2) is 0 Å². The van der Waals surface area contributed by atoms with Crippen molar-refractivity contribution in [1.29, 1.82) is 0 Å². The van der Waals surface area contributed by atoms with Crippen LogP contribution in [0, 0.1) is 0 Å². The van der Waals surface area contributed by atoms with Gasteiger partial charge >= 0.3 is 5.97 Å². The fraction of sp³-hybridized carbons (Fsp3) is 0.462. The van der Waals surface area contributed by atoms with E-state index >= 15 is 0 Å². The van der Waals surface area contributed by atoms with Crippen molar-refractivity contribution in [3.63, 3.8) is 0 Å². The summed E-state index contributed by atoms with van der Waals surface area (Å²) in [6, 6.07) is 5.80. The van der Waals surface area contributed by atoms with Crippen LogP contribution in [0.3, 0.4) is 0 Å². The molecule has 0 radical (unpaired) electrons. The fourth-order valence-corrected chi connectivity index (χ4v) is 1.98. The van der Waals surface area contributed by atoms with E-state index in [-0.39, 0.29) is 6.42 Å². The summed E-state index contributed by atoms with van der Waals surface area (Å²) < 4.78 is 6.25. The van der Waals surface area contributed by atoms with Crippen LogP contribution in [-0.2, 0) is 4.79 Å². The van der Waals surface area contributed by atoms with Crippen LogP contribution >= 0.6 is 15.9 Å². The Morgan fingerprint density at radius 3 is 2.83 bits per heavy atom. The molecule has 100 valence electrons. The summed E-state index contributed by atoms with van der Waals surface area (Å²) in [5.41, 5.74) is 0.949. The molecule has 1 aromatic carbocycles. The third-order valence-corrected chi connectivity index (χ3v) is 3.04. The number of rotatable bonds is 8. The molecule has 5 heteroatoms. The van der Waals surface area contributed by atoms with Gasteiger partial charge in [-0.15, -0.1) is 0 Å². The molecule has 0 saturated heterocycles. The number of ether oxygens (including phenoxy) is 1. The molecule has 1 rings (SSSR count). The Bertz CT molecular complexity index is 396. The Morgan fingerprint density at radius 2 is 2.17 bits per heavy atom. The monoisotopic (exact) mass is 315 g/mol. The Hall–Kier alpha value is -1.23. The number of nitrogens with one attached hydrogen (secondary N) is 1. The van der Waals surface area contributed by atoms with Crippen molar-refractivity contribution in [2.75, 3.05) is 19.0 Å². The molecule has 0 unspecified atom stereocenters. The minimum Gasteiger partial charge on any atom is -0.495 e. The summed E-state index contributed by atoms with van der Waals surface area (Å²) in [6.07, 6.45) is 2.84. The lowest BCUT2D eigenvalue weighted by Crippen LogP contribution is -2.03. The molecule has 1 aromatic rings. The van der Waals surface area contributed by atoms with Crippen LogP contribution in [0.5, 0.6) is 5.75 Å². The van der Waals surface area contributed by atoms with E-state index in [4.69, 9.17) is 9.84 Å². The second-order valence-corrected chi connectivity index (χ2v) is 4.89. The topological polar surface area (TPSA) is 58.6 Å². The lowest BCUT2D eigenvalue weighted by Gasteiger charge is -2.11. The van der Waals surface area contributed by atoms with Gasteiger partial charge < -0.3 is 15.2 Å². The first-order valence-electron chi connectivity index (χ1n) is 5.92. The van der Waals surface area contributed by atoms with E-state index in [1.807, 2.05) is 18.2 Å². The Kier molecular flexibility index (Phi) is 6.57. The van der Waals surface area contributed by atoms with Crippen LogP contribution < -0.4 is 10.1 Å². The predicted molar refractivity (Wildman–Crippen MR) is 75.3 cm³/mol. The first kappa shape index (κ1) is 14.8. The van der Waals surface area contributed by atoms with Gasteiger partial charge in [0.05, 0.1) is 12.8 Å². The van der Waals surface area contributed by atoms with Gasteiger partial charge in [-0.1, -0.05) is 22.4 Å². The number of unbranched alkanes of at least 4 members (excludes halogenated alkanes) is 2. The van der Waals surface area contributed by atoms with Gasteiger partial charge in [-0.05, 0) is 31.0 Å². The predicted octanol–water partition coefficient (Wildman–Crippen LogP) is 3.51. The van der Waals surface area contributed by atoms with Gasteiger partial charge in [-0.25, -0.2) is 0 Å². The highest BCUT2D eigenvalue weighted by Crippen LogP contribution is 2.27. The maximum atomic E-state index is 10.3. The van der Waals surface area contributed by atoms with Crippen molar-refractivity contribution in [3.05, 3.63) is 22.7 Å². The molecule has 0 atom stereocenters. The quantitative estimate of drug-likeness (QED) is 0.721. The molecule has 4 nitrogen and oxygen atoms in total. The zero-order chi connectivity index (χ0) is 13.4. The van der Waals surface area contributed by atoms with E-state index < -0.39 is 5.97 Å². The Morgan fingerprint density at radius 1 is 1.39 bits per heavy atom. The number of benzene rings is 1. The van der Waals surface area contributed by atoms with Crippen LogP contribution in [-0.4, -0.2) is 24.7 Å². The molecule has 18 heavy (non-hydrogen) atoms. The van der Waals surface area contributed by atoms with Crippen molar-refractivity contribution < 1.29 is 14.6 Å². The highest BCUT2D eigenvalue weighted by atomic mass is 79.9. The summed E-state index contributed by atoms with van der Waals surface area (Å²) in [4.78, 5) is 10.3. The largest absolute Gasteiger partial charge is 0.495 e. The van der Waals surface area contributed by atoms with E-state index in [1.54, 1.807) is 7.11 Å².